The number of methoxy groups -OCH3 is 1. The zero-order chi connectivity index (χ0) is 22.8. The highest BCUT2D eigenvalue weighted by molar-refractivity contribution is 9.09. The third-order valence-corrected chi connectivity index (χ3v) is 6.80. The molecule has 9 heteroatoms. The zero-order valence-corrected chi connectivity index (χ0v) is 19.1. The summed E-state index contributed by atoms with van der Waals surface area (Å²) in [5.41, 5.74) is 1.23. The van der Waals surface area contributed by atoms with Gasteiger partial charge in [-0.25, -0.2) is 9.18 Å². The molecule has 3 heterocycles. The van der Waals surface area contributed by atoms with Gasteiger partial charge in [-0.3, -0.25) is 14.6 Å². The lowest BCUT2D eigenvalue weighted by molar-refractivity contribution is -0.133. The minimum Gasteiger partial charge on any atom is -0.508 e. The molecular formula is C23H21BrFN3O4. The van der Waals surface area contributed by atoms with Crippen LogP contribution in [0.3, 0.4) is 0 Å². The lowest BCUT2D eigenvalue weighted by Crippen LogP contribution is -2.53. The van der Waals surface area contributed by atoms with Crippen LogP contribution in [0.1, 0.15) is 29.8 Å². The summed E-state index contributed by atoms with van der Waals surface area (Å²) < 4.78 is 20.5. The van der Waals surface area contributed by atoms with E-state index >= 15 is 4.39 Å². The Labute approximate surface area is 191 Å². The standard InChI is InChI=1S/C23H21BrFN3O4/c1-23-11-14-17-15(6-7-16(32-2)18(17)25)26-19(14)20(12-4-3-5-13(29)10-12)28(23)22(31)27(9-8-24)21(23)30/h3-7,10,20,26,29H,8-9,11H2,1-2H3. The van der Waals surface area contributed by atoms with Crippen LogP contribution in [0, 0.1) is 5.82 Å². The number of fused-ring (bicyclic) bond motifs is 4. The number of alkyl halides is 1. The maximum atomic E-state index is 15.4. The number of amides is 3. The maximum Gasteiger partial charge on any atom is 0.328 e. The molecule has 0 saturated carbocycles. The van der Waals surface area contributed by atoms with Gasteiger partial charge in [-0.05, 0) is 42.3 Å². The van der Waals surface area contributed by atoms with Gasteiger partial charge < -0.3 is 14.8 Å². The van der Waals surface area contributed by atoms with Crippen LogP contribution >= 0.6 is 15.9 Å². The molecule has 2 N–H and O–H groups in total. The summed E-state index contributed by atoms with van der Waals surface area (Å²) >= 11 is 3.31. The van der Waals surface area contributed by atoms with Gasteiger partial charge in [0.25, 0.3) is 5.91 Å². The van der Waals surface area contributed by atoms with Crippen molar-refractivity contribution in [2.24, 2.45) is 0 Å². The smallest absolute Gasteiger partial charge is 0.328 e. The zero-order valence-electron chi connectivity index (χ0n) is 17.5. The number of phenolic OH excluding ortho intramolecular Hbond substituents is 1. The summed E-state index contributed by atoms with van der Waals surface area (Å²) in [5.74, 6) is -0.690. The number of nitrogens with zero attached hydrogens (tertiary/aromatic N) is 2. The Balaban J connectivity index is 1.81. The van der Waals surface area contributed by atoms with Crippen molar-refractivity contribution in [1.82, 2.24) is 14.8 Å². The third-order valence-electron chi connectivity index (χ3n) is 6.44. The molecule has 0 spiro atoms. The van der Waals surface area contributed by atoms with Gasteiger partial charge in [0.15, 0.2) is 11.6 Å². The molecule has 1 fully saturated rings. The number of phenols is 1. The average Bonchev–Trinajstić information content (AvgIpc) is 3.21. The Morgan fingerprint density at radius 2 is 2.09 bits per heavy atom. The Kier molecular flexibility index (Phi) is 4.70. The number of carbonyl (C=O) groups is 2. The fourth-order valence-electron chi connectivity index (χ4n) is 5.03. The van der Waals surface area contributed by atoms with Crippen molar-refractivity contribution in [2.45, 2.75) is 24.9 Å². The van der Waals surface area contributed by atoms with Gasteiger partial charge in [0.05, 0.1) is 7.11 Å². The van der Waals surface area contributed by atoms with Crippen molar-refractivity contribution in [3.8, 4) is 11.5 Å². The number of benzene rings is 2. The quantitative estimate of drug-likeness (QED) is 0.416. The first kappa shape index (κ1) is 20.8. The lowest BCUT2D eigenvalue weighted by atomic mass is 9.81. The number of nitrogens with one attached hydrogen (secondary N) is 1. The highest BCUT2D eigenvalue weighted by Crippen LogP contribution is 2.49. The molecule has 1 saturated heterocycles. The number of hydrogen-bond donors (Lipinski definition) is 2. The SMILES string of the molecule is COc1ccc2[nH]c3c(c2c1F)CC1(C)C(=O)N(CCBr)C(=O)N1C3c1cccc(O)c1. The minimum atomic E-state index is -1.20. The molecule has 1 aromatic heterocycles. The predicted octanol–water partition coefficient (Wildman–Crippen LogP) is 4.08. The van der Waals surface area contributed by atoms with Crippen molar-refractivity contribution in [2.75, 3.05) is 19.0 Å². The molecule has 32 heavy (non-hydrogen) atoms. The molecule has 3 aromatic rings. The number of aromatic amines is 1. The van der Waals surface area contributed by atoms with Crippen LogP contribution in [0.15, 0.2) is 36.4 Å². The van der Waals surface area contributed by atoms with Crippen LogP contribution < -0.4 is 4.74 Å². The first-order chi connectivity index (χ1) is 15.3. The lowest BCUT2D eigenvalue weighted by Gasteiger charge is -2.42. The molecule has 2 atom stereocenters. The molecule has 3 amide bonds. The van der Waals surface area contributed by atoms with Gasteiger partial charge in [-0.15, -0.1) is 0 Å². The van der Waals surface area contributed by atoms with Gasteiger partial charge in [-0.1, -0.05) is 28.1 Å². The summed E-state index contributed by atoms with van der Waals surface area (Å²) in [6.45, 7) is 1.95. The van der Waals surface area contributed by atoms with Crippen LogP contribution in [0.5, 0.6) is 11.5 Å². The largest absolute Gasteiger partial charge is 0.508 e. The Bertz CT molecular complexity index is 1280. The van der Waals surface area contributed by atoms with Gasteiger partial charge >= 0.3 is 6.03 Å². The highest BCUT2D eigenvalue weighted by atomic mass is 79.9. The summed E-state index contributed by atoms with van der Waals surface area (Å²) in [5, 5.41) is 10.9. The van der Waals surface area contributed by atoms with Crippen LogP contribution in [0.4, 0.5) is 9.18 Å². The summed E-state index contributed by atoms with van der Waals surface area (Å²) in [6.07, 6.45) is 0.158. The predicted molar refractivity (Wildman–Crippen MR) is 120 cm³/mol. The summed E-state index contributed by atoms with van der Waals surface area (Å²) in [4.78, 5) is 33.0. The normalized spacial score (nSPS) is 22.4. The van der Waals surface area contributed by atoms with E-state index in [1.807, 2.05) is 0 Å². The molecule has 5 rings (SSSR count). The van der Waals surface area contributed by atoms with Gasteiger partial charge in [-0.2, -0.15) is 0 Å². The van der Waals surface area contributed by atoms with E-state index in [1.165, 1.54) is 18.1 Å². The van der Waals surface area contributed by atoms with E-state index in [4.69, 9.17) is 4.74 Å². The molecule has 2 unspecified atom stereocenters. The van der Waals surface area contributed by atoms with Crippen molar-refractivity contribution < 1.29 is 23.8 Å². The van der Waals surface area contributed by atoms with Crippen LogP contribution in [-0.4, -0.2) is 56.4 Å². The van der Waals surface area contributed by atoms with Crippen LogP contribution in [-0.2, 0) is 11.2 Å². The van der Waals surface area contributed by atoms with Gasteiger partial charge in [0, 0.05) is 34.9 Å². The topological polar surface area (TPSA) is 85.9 Å². The summed E-state index contributed by atoms with van der Waals surface area (Å²) in [7, 11) is 1.40. The van der Waals surface area contributed by atoms with E-state index in [-0.39, 0.29) is 30.4 Å². The number of H-pyrrole nitrogens is 1. The molecule has 2 aromatic carbocycles. The molecule has 2 aliphatic rings. The Morgan fingerprint density at radius 3 is 2.78 bits per heavy atom. The van der Waals surface area contributed by atoms with Gasteiger partial charge in [0.1, 0.15) is 17.3 Å². The van der Waals surface area contributed by atoms with Crippen molar-refractivity contribution in [3.63, 3.8) is 0 Å². The van der Waals surface area contributed by atoms with E-state index in [0.29, 0.717) is 33.1 Å². The number of carbonyl (C=O) groups excluding carboxylic acids is 2. The number of ether oxygens (including phenoxy) is 1. The van der Waals surface area contributed by atoms with Crippen LogP contribution in [0.25, 0.3) is 10.9 Å². The fraction of sp³-hybridized carbons (Fsp3) is 0.304. The second-order valence-corrected chi connectivity index (χ2v) is 9.06. The second-order valence-electron chi connectivity index (χ2n) is 8.27. The molecule has 0 radical (unpaired) electrons. The molecule has 0 bridgehead atoms. The second kappa shape index (κ2) is 7.23. The fourth-order valence-corrected chi connectivity index (χ4v) is 5.38. The first-order valence-corrected chi connectivity index (χ1v) is 11.3. The average molecular weight is 502 g/mol. The third kappa shape index (κ3) is 2.70. The van der Waals surface area contributed by atoms with Crippen molar-refractivity contribution in [1.29, 1.82) is 0 Å². The van der Waals surface area contributed by atoms with Crippen molar-refractivity contribution in [3.05, 3.63) is 59.0 Å². The number of aromatic hydroxyl groups is 1. The van der Waals surface area contributed by atoms with Crippen LogP contribution in [0.2, 0.25) is 0 Å². The number of imide groups is 1. The highest BCUT2D eigenvalue weighted by Gasteiger charge is 2.60. The van der Waals surface area contributed by atoms with E-state index in [1.54, 1.807) is 42.2 Å². The number of urea groups is 1. The van der Waals surface area contributed by atoms with Gasteiger partial charge in [0.2, 0.25) is 0 Å². The maximum absolute atomic E-state index is 15.4. The summed E-state index contributed by atoms with van der Waals surface area (Å²) in [6, 6.07) is 8.72. The van der Waals surface area contributed by atoms with E-state index in [0.717, 1.165) is 0 Å². The van der Waals surface area contributed by atoms with E-state index in [2.05, 4.69) is 20.9 Å². The number of hydrogen-bond acceptors (Lipinski definition) is 4. The number of rotatable bonds is 4. The molecule has 166 valence electrons. The first-order valence-electron chi connectivity index (χ1n) is 10.2. The molecule has 0 aliphatic carbocycles. The monoisotopic (exact) mass is 501 g/mol. The molecule has 7 nitrogen and oxygen atoms in total. The van der Waals surface area contributed by atoms with E-state index < -0.39 is 23.4 Å². The molecular weight excluding hydrogens is 481 g/mol. The Morgan fingerprint density at radius 1 is 1.31 bits per heavy atom. The minimum absolute atomic E-state index is 0.0376. The number of halogens is 2. The Hall–Kier alpha value is -3.07. The van der Waals surface area contributed by atoms with E-state index in [9.17, 15) is 14.7 Å². The van der Waals surface area contributed by atoms with Crippen molar-refractivity contribution >= 4 is 38.8 Å². The number of aromatic nitrogens is 1. The molecule has 2 aliphatic heterocycles.